The van der Waals surface area contributed by atoms with Crippen molar-refractivity contribution in [2.24, 2.45) is 11.8 Å². The first kappa shape index (κ1) is 16.7. The average Bonchev–Trinajstić information content (AvgIpc) is 2.42. The molecule has 1 aliphatic heterocycles. The van der Waals surface area contributed by atoms with Gasteiger partial charge in [-0.15, -0.1) is 0 Å². The summed E-state index contributed by atoms with van der Waals surface area (Å²) < 4.78 is 10.1. The second-order valence-corrected chi connectivity index (χ2v) is 5.28. The van der Waals surface area contributed by atoms with Crippen molar-refractivity contribution in [3.8, 4) is 0 Å². The lowest BCUT2D eigenvalue weighted by Gasteiger charge is -2.34. The number of carboxylic acids is 1. The molecule has 2 N–H and O–H groups in total. The van der Waals surface area contributed by atoms with Crippen LogP contribution in [-0.4, -0.2) is 68.6 Å². The van der Waals surface area contributed by atoms with E-state index in [9.17, 15) is 9.59 Å². The summed E-state index contributed by atoms with van der Waals surface area (Å²) in [6.45, 7) is 3.53. The molecule has 7 heteroatoms. The van der Waals surface area contributed by atoms with Crippen molar-refractivity contribution in [3.63, 3.8) is 0 Å². The summed E-state index contributed by atoms with van der Waals surface area (Å²) in [4.78, 5) is 24.7. The van der Waals surface area contributed by atoms with E-state index in [4.69, 9.17) is 14.6 Å². The van der Waals surface area contributed by atoms with Crippen molar-refractivity contribution in [3.05, 3.63) is 0 Å². The fraction of sp³-hybridized carbons (Fsp3) is 0.846. The van der Waals surface area contributed by atoms with E-state index in [0.717, 1.165) is 0 Å². The number of hydrogen-bond donors (Lipinski definition) is 2. The van der Waals surface area contributed by atoms with Crippen LogP contribution in [0, 0.1) is 11.8 Å². The molecule has 0 bridgehead atoms. The van der Waals surface area contributed by atoms with Gasteiger partial charge in [0.1, 0.15) is 0 Å². The number of likely N-dealkylation sites (tertiary alicyclic amines) is 1. The van der Waals surface area contributed by atoms with Gasteiger partial charge >= 0.3 is 12.0 Å². The summed E-state index contributed by atoms with van der Waals surface area (Å²) in [5.74, 6) is -1.14. The molecule has 0 aromatic carbocycles. The van der Waals surface area contributed by atoms with Gasteiger partial charge in [0, 0.05) is 33.9 Å². The predicted octanol–water partition coefficient (Wildman–Crippen LogP) is 0.400. The number of nitrogens with one attached hydrogen (secondary N) is 1. The van der Waals surface area contributed by atoms with Crippen LogP contribution in [-0.2, 0) is 14.3 Å². The molecule has 1 rings (SSSR count). The Morgan fingerprint density at radius 2 is 2.10 bits per heavy atom. The Labute approximate surface area is 119 Å². The van der Waals surface area contributed by atoms with E-state index in [1.165, 1.54) is 0 Å². The zero-order valence-electron chi connectivity index (χ0n) is 12.3. The first-order valence-electron chi connectivity index (χ1n) is 6.75. The molecule has 0 saturated carbocycles. The fourth-order valence-electron chi connectivity index (χ4n) is 2.41. The van der Waals surface area contributed by atoms with Crippen molar-refractivity contribution in [2.45, 2.75) is 19.4 Å². The van der Waals surface area contributed by atoms with Gasteiger partial charge in [0.2, 0.25) is 0 Å². The van der Waals surface area contributed by atoms with Gasteiger partial charge in [0.05, 0.1) is 18.6 Å². The van der Waals surface area contributed by atoms with Crippen molar-refractivity contribution < 1.29 is 24.2 Å². The van der Waals surface area contributed by atoms with Crippen LogP contribution in [0.4, 0.5) is 4.79 Å². The number of rotatable bonds is 6. The first-order valence-corrected chi connectivity index (χ1v) is 6.75. The molecular formula is C13H24N2O5. The standard InChI is InChI=1S/C13H24N2O5/c1-9-4-10(12(16)17)7-15(6-9)13(18)14-5-11(20-3)8-19-2/h9-11H,4-8H2,1-3H3,(H,14,18)(H,16,17). The summed E-state index contributed by atoms with van der Waals surface area (Å²) in [6.07, 6.45) is 0.408. The number of ether oxygens (including phenoxy) is 2. The molecule has 1 aliphatic rings. The summed E-state index contributed by atoms with van der Waals surface area (Å²) in [5.41, 5.74) is 0. The molecule has 0 radical (unpaired) electrons. The Kier molecular flexibility index (Phi) is 6.74. The smallest absolute Gasteiger partial charge is 0.317 e. The minimum atomic E-state index is -0.844. The highest BCUT2D eigenvalue weighted by atomic mass is 16.5. The Hall–Kier alpha value is -1.34. The van der Waals surface area contributed by atoms with E-state index < -0.39 is 11.9 Å². The number of nitrogens with zero attached hydrogens (tertiary/aromatic N) is 1. The van der Waals surface area contributed by atoms with Gasteiger partial charge < -0.3 is 24.8 Å². The highest BCUT2D eigenvalue weighted by Crippen LogP contribution is 2.21. The maximum Gasteiger partial charge on any atom is 0.317 e. The topological polar surface area (TPSA) is 88.1 Å². The third-order valence-electron chi connectivity index (χ3n) is 3.46. The molecule has 1 fully saturated rings. The maximum atomic E-state index is 12.1. The van der Waals surface area contributed by atoms with Gasteiger partial charge in [-0.05, 0) is 12.3 Å². The van der Waals surface area contributed by atoms with Crippen molar-refractivity contribution >= 4 is 12.0 Å². The number of carbonyl (C=O) groups excluding carboxylic acids is 1. The Morgan fingerprint density at radius 3 is 2.65 bits per heavy atom. The zero-order chi connectivity index (χ0) is 15.1. The largest absolute Gasteiger partial charge is 0.481 e. The van der Waals surface area contributed by atoms with Gasteiger partial charge in [-0.2, -0.15) is 0 Å². The summed E-state index contributed by atoms with van der Waals surface area (Å²) in [7, 11) is 3.12. The van der Waals surface area contributed by atoms with Gasteiger partial charge in [-0.3, -0.25) is 4.79 Å². The SMILES string of the molecule is COCC(CNC(=O)N1CC(C)CC(C(=O)O)C1)OC. The monoisotopic (exact) mass is 288 g/mol. The average molecular weight is 288 g/mol. The van der Waals surface area contributed by atoms with E-state index >= 15 is 0 Å². The Balaban J connectivity index is 2.47. The van der Waals surface area contributed by atoms with Gasteiger partial charge in [-0.1, -0.05) is 6.92 Å². The molecule has 0 spiro atoms. The minimum absolute atomic E-state index is 0.188. The maximum absolute atomic E-state index is 12.1. The molecule has 1 saturated heterocycles. The number of amides is 2. The van der Waals surface area contributed by atoms with E-state index in [-0.39, 0.29) is 24.6 Å². The molecule has 3 unspecified atom stereocenters. The lowest BCUT2D eigenvalue weighted by molar-refractivity contribution is -0.143. The molecule has 20 heavy (non-hydrogen) atoms. The van der Waals surface area contributed by atoms with Crippen LogP contribution >= 0.6 is 0 Å². The van der Waals surface area contributed by atoms with Crippen LogP contribution in [0.1, 0.15) is 13.3 Å². The van der Waals surface area contributed by atoms with Crippen molar-refractivity contribution in [1.29, 1.82) is 0 Å². The minimum Gasteiger partial charge on any atom is -0.481 e. The molecule has 1 heterocycles. The van der Waals surface area contributed by atoms with E-state index in [0.29, 0.717) is 26.1 Å². The van der Waals surface area contributed by atoms with Gasteiger partial charge in [0.15, 0.2) is 0 Å². The number of carboxylic acid groups (broad SMARTS) is 1. The number of methoxy groups -OCH3 is 2. The summed E-state index contributed by atoms with van der Waals surface area (Å²) in [5, 5.41) is 11.8. The quantitative estimate of drug-likeness (QED) is 0.738. The molecule has 0 aromatic rings. The normalized spacial score (nSPS) is 24.2. The summed E-state index contributed by atoms with van der Waals surface area (Å²) in [6, 6.07) is -0.249. The summed E-state index contributed by atoms with van der Waals surface area (Å²) >= 11 is 0. The molecule has 2 amide bonds. The molecular weight excluding hydrogens is 264 g/mol. The van der Waals surface area contributed by atoms with Crippen LogP contribution < -0.4 is 5.32 Å². The third kappa shape index (κ3) is 4.97. The lowest BCUT2D eigenvalue weighted by Crippen LogP contribution is -2.51. The Morgan fingerprint density at radius 1 is 1.40 bits per heavy atom. The van der Waals surface area contributed by atoms with Crippen LogP contribution in [0.25, 0.3) is 0 Å². The van der Waals surface area contributed by atoms with Gasteiger partial charge in [-0.25, -0.2) is 4.79 Å². The third-order valence-corrected chi connectivity index (χ3v) is 3.46. The van der Waals surface area contributed by atoms with Crippen LogP contribution in [0.2, 0.25) is 0 Å². The molecule has 0 aromatic heterocycles. The first-order chi connectivity index (χ1) is 9.47. The highest BCUT2D eigenvalue weighted by Gasteiger charge is 2.31. The van der Waals surface area contributed by atoms with Crippen molar-refractivity contribution in [1.82, 2.24) is 10.2 Å². The Bertz CT molecular complexity index is 337. The van der Waals surface area contributed by atoms with E-state index in [1.807, 2.05) is 6.92 Å². The molecule has 0 aliphatic carbocycles. The van der Waals surface area contributed by atoms with Crippen LogP contribution in [0.5, 0.6) is 0 Å². The number of urea groups is 1. The zero-order valence-corrected chi connectivity index (χ0v) is 12.3. The second-order valence-electron chi connectivity index (χ2n) is 5.28. The van der Waals surface area contributed by atoms with E-state index in [1.54, 1.807) is 19.1 Å². The van der Waals surface area contributed by atoms with Crippen LogP contribution in [0.3, 0.4) is 0 Å². The van der Waals surface area contributed by atoms with E-state index in [2.05, 4.69) is 5.32 Å². The van der Waals surface area contributed by atoms with Gasteiger partial charge in [0.25, 0.3) is 0 Å². The van der Waals surface area contributed by atoms with Crippen molar-refractivity contribution in [2.75, 3.05) is 40.5 Å². The number of aliphatic carboxylic acids is 1. The lowest BCUT2D eigenvalue weighted by atomic mass is 9.91. The molecule has 7 nitrogen and oxygen atoms in total. The second kappa shape index (κ2) is 8.06. The highest BCUT2D eigenvalue weighted by molar-refractivity contribution is 5.76. The predicted molar refractivity (Wildman–Crippen MR) is 72.6 cm³/mol. The molecule has 116 valence electrons. The van der Waals surface area contributed by atoms with Crippen LogP contribution in [0.15, 0.2) is 0 Å². The number of carbonyl (C=O) groups is 2. The fourth-order valence-corrected chi connectivity index (χ4v) is 2.41. The number of hydrogen-bond acceptors (Lipinski definition) is 4. The number of piperidine rings is 1. The molecule has 3 atom stereocenters.